The molecule has 0 N–H and O–H groups in total. The Kier molecular flexibility index (Phi) is 1.21. The normalized spacial score (nSPS) is 36.7. The fourth-order valence-electron chi connectivity index (χ4n) is 2.06. The number of fused-ring (bicyclic) bond motifs is 3. The molecule has 3 aliphatic rings. The molecule has 2 atom stereocenters. The van der Waals surface area contributed by atoms with Crippen molar-refractivity contribution < 1.29 is 9.47 Å². The minimum Gasteiger partial charge on any atom is -0.469 e. The van der Waals surface area contributed by atoms with Gasteiger partial charge in [0.25, 0.3) is 0 Å². The molecular formula is C10H10O2. The van der Waals surface area contributed by atoms with Crippen LogP contribution in [0, 0.1) is 5.92 Å². The summed E-state index contributed by atoms with van der Waals surface area (Å²) in [6.07, 6.45) is 9.84. The van der Waals surface area contributed by atoms with Gasteiger partial charge in [0.15, 0.2) is 6.79 Å². The maximum Gasteiger partial charge on any atom is 0.189 e. The van der Waals surface area contributed by atoms with E-state index in [1.165, 1.54) is 5.57 Å². The van der Waals surface area contributed by atoms with Crippen LogP contribution in [-0.4, -0.2) is 12.9 Å². The van der Waals surface area contributed by atoms with Gasteiger partial charge >= 0.3 is 0 Å². The Bertz CT molecular complexity index is 299. The summed E-state index contributed by atoms with van der Waals surface area (Å²) in [5.74, 6) is 1.54. The molecule has 2 unspecified atom stereocenters. The van der Waals surface area contributed by atoms with Gasteiger partial charge in [0.1, 0.15) is 11.9 Å². The van der Waals surface area contributed by atoms with Crippen molar-refractivity contribution in [1.29, 1.82) is 0 Å². The minimum absolute atomic E-state index is 0.209. The second kappa shape index (κ2) is 2.23. The molecule has 2 nitrogen and oxygen atoms in total. The van der Waals surface area contributed by atoms with Gasteiger partial charge in [0.05, 0.1) is 0 Å². The number of hydrogen-bond acceptors (Lipinski definition) is 2. The molecule has 2 aliphatic carbocycles. The predicted octanol–water partition coefficient (Wildman–Crippen LogP) is 1.76. The fraction of sp³-hybridized carbons (Fsp3) is 0.400. The van der Waals surface area contributed by atoms with Crippen LogP contribution in [0.5, 0.6) is 0 Å². The van der Waals surface area contributed by atoms with Gasteiger partial charge in [0, 0.05) is 5.92 Å². The van der Waals surface area contributed by atoms with Crippen molar-refractivity contribution in [2.24, 2.45) is 5.92 Å². The van der Waals surface area contributed by atoms with Gasteiger partial charge in [-0.1, -0.05) is 18.2 Å². The highest BCUT2D eigenvalue weighted by Crippen LogP contribution is 2.40. The summed E-state index contributed by atoms with van der Waals surface area (Å²) in [4.78, 5) is 0. The lowest BCUT2D eigenvalue weighted by atomic mass is 9.92. The first-order chi connectivity index (χ1) is 5.95. The van der Waals surface area contributed by atoms with Gasteiger partial charge in [-0.15, -0.1) is 0 Å². The van der Waals surface area contributed by atoms with E-state index in [1.54, 1.807) is 0 Å². The highest BCUT2D eigenvalue weighted by atomic mass is 16.7. The second-order valence-corrected chi connectivity index (χ2v) is 3.33. The highest BCUT2D eigenvalue weighted by Gasteiger charge is 2.38. The van der Waals surface area contributed by atoms with Crippen molar-refractivity contribution in [3.8, 4) is 0 Å². The number of allylic oxidation sites excluding steroid dienone is 4. The quantitative estimate of drug-likeness (QED) is 0.540. The molecule has 0 spiro atoms. The van der Waals surface area contributed by atoms with E-state index in [4.69, 9.17) is 9.47 Å². The van der Waals surface area contributed by atoms with Crippen molar-refractivity contribution in [2.75, 3.05) is 6.79 Å². The lowest BCUT2D eigenvalue weighted by Crippen LogP contribution is -2.17. The Morgan fingerprint density at radius 3 is 3.42 bits per heavy atom. The summed E-state index contributed by atoms with van der Waals surface area (Å²) >= 11 is 0. The molecule has 0 aromatic heterocycles. The predicted molar refractivity (Wildman–Crippen MR) is 44.2 cm³/mol. The summed E-state index contributed by atoms with van der Waals surface area (Å²) in [5, 5.41) is 0. The Hall–Kier alpha value is -1.02. The molecule has 0 radical (unpaired) electrons. The van der Waals surface area contributed by atoms with Crippen LogP contribution in [0.2, 0.25) is 0 Å². The summed E-state index contributed by atoms with van der Waals surface area (Å²) in [6.45, 7) is 0.435. The third kappa shape index (κ3) is 0.730. The van der Waals surface area contributed by atoms with Crippen molar-refractivity contribution in [3.63, 3.8) is 0 Å². The Labute approximate surface area is 71.2 Å². The summed E-state index contributed by atoms with van der Waals surface area (Å²) in [7, 11) is 0. The first-order valence-corrected chi connectivity index (χ1v) is 4.28. The van der Waals surface area contributed by atoms with Crippen LogP contribution in [-0.2, 0) is 9.47 Å². The molecule has 0 aromatic carbocycles. The van der Waals surface area contributed by atoms with Gasteiger partial charge in [-0.3, -0.25) is 0 Å². The van der Waals surface area contributed by atoms with E-state index in [9.17, 15) is 0 Å². The molecule has 0 bridgehead atoms. The van der Waals surface area contributed by atoms with Gasteiger partial charge in [-0.2, -0.15) is 0 Å². The Balaban J connectivity index is 2.02. The van der Waals surface area contributed by atoms with Crippen LogP contribution in [0.1, 0.15) is 6.42 Å². The Morgan fingerprint density at radius 2 is 2.42 bits per heavy atom. The van der Waals surface area contributed by atoms with Crippen LogP contribution >= 0.6 is 0 Å². The van der Waals surface area contributed by atoms with Crippen LogP contribution in [0.4, 0.5) is 0 Å². The first-order valence-electron chi connectivity index (χ1n) is 4.28. The second-order valence-electron chi connectivity index (χ2n) is 3.33. The summed E-state index contributed by atoms with van der Waals surface area (Å²) in [5.41, 5.74) is 1.36. The van der Waals surface area contributed by atoms with Gasteiger partial charge in [-0.05, 0) is 18.1 Å². The molecule has 0 saturated carbocycles. The molecule has 1 fully saturated rings. The molecule has 1 heterocycles. The van der Waals surface area contributed by atoms with Crippen molar-refractivity contribution in [2.45, 2.75) is 12.5 Å². The molecule has 1 saturated heterocycles. The maximum absolute atomic E-state index is 5.48. The van der Waals surface area contributed by atoms with Gasteiger partial charge in [-0.25, -0.2) is 0 Å². The maximum atomic E-state index is 5.48. The van der Waals surface area contributed by atoms with Crippen LogP contribution < -0.4 is 0 Å². The SMILES string of the molecule is C1=CCC2C(=C1)C=C1OCOC12. The van der Waals surface area contributed by atoms with Crippen molar-refractivity contribution in [1.82, 2.24) is 0 Å². The van der Waals surface area contributed by atoms with Crippen molar-refractivity contribution >= 4 is 0 Å². The van der Waals surface area contributed by atoms with Crippen LogP contribution in [0.15, 0.2) is 35.6 Å². The van der Waals surface area contributed by atoms with Crippen molar-refractivity contribution in [3.05, 3.63) is 35.6 Å². The molecule has 0 amide bonds. The molecule has 62 valence electrons. The molecule has 3 rings (SSSR count). The van der Waals surface area contributed by atoms with E-state index in [0.717, 1.165) is 12.2 Å². The number of hydrogen-bond donors (Lipinski definition) is 0. The van der Waals surface area contributed by atoms with Gasteiger partial charge < -0.3 is 9.47 Å². The zero-order chi connectivity index (χ0) is 7.97. The zero-order valence-electron chi connectivity index (χ0n) is 6.69. The first kappa shape index (κ1) is 6.49. The van der Waals surface area contributed by atoms with E-state index in [0.29, 0.717) is 12.7 Å². The average molecular weight is 162 g/mol. The molecule has 1 aliphatic heterocycles. The lowest BCUT2D eigenvalue weighted by molar-refractivity contribution is 0.0342. The Morgan fingerprint density at radius 1 is 1.42 bits per heavy atom. The standard InChI is InChI=1S/C10H10O2/c1-2-4-8-7(3-1)5-9-10(8)12-6-11-9/h1-3,5,8,10H,4,6H2. The van der Waals surface area contributed by atoms with Crippen LogP contribution in [0.25, 0.3) is 0 Å². The van der Waals surface area contributed by atoms with Gasteiger partial charge in [0.2, 0.25) is 0 Å². The third-order valence-corrected chi connectivity index (χ3v) is 2.67. The number of rotatable bonds is 0. The minimum atomic E-state index is 0.209. The molecular weight excluding hydrogens is 152 g/mol. The van der Waals surface area contributed by atoms with E-state index >= 15 is 0 Å². The zero-order valence-corrected chi connectivity index (χ0v) is 6.69. The third-order valence-electron chi connectivity index (χ3n) is 2.67. The molecule has 12 heavy (non-hydrogen) atoms. The monoisotopic (exact) mass is 162 g/mol. The largest absolute Gasteiger partial charge is 0.469 e. The average Bonchev–Trinajstić information content (AvgIpc) is 2.62. The molecule has 2 heteroatoms. The summed E-state index contributed by atoms with van der Waals surface area (Å²) < 4.78 is 10.8. The van der Waals surface area contributed by atoms with E-state index < -0.39 is 0 Å². The molecule has 0 aromatic rings. The van der Waals surface area contributed by atoms with E-state index in [-0.39, 0.29) is 6.10 Å². The fourth-order valence-corrected chi connectivity index (χ4v) is 2.06. The summed E-state index contributed by atoms with van der Waals surface area (Å²) in [6, 6.07) is 0. The number of ether oxygens (including phenoxy) is 2. The smallest absolute Gasteiger partial charge is 0.189 e. The van der Waals surface area contributed by atoms with Crippen LogP contribution in [0.3, 0.4) is 0 Å². The van der Waals surface area contributed by atoms with E-state index in [2.05, 4.69) is 24.3 Å². The highest BCUT2D eigenvalue weighted by molar-refractivity contribution is 5.40. The topological polar surface area (TPSA) is 18.5 Å². The lowest BCUT2D eigenvalue weighted by Gasteiger charge is -2.17. The van der Waals surface area contributed by atoms with E-state index in [1.807, 2.05) is 0 Å².